The van der Waals surface area contributed by atoms with Crippen molar-refractivity contribution in [3.8, 4) is 0 Å². The van der Waals surface area contributed by atoms with E-state index in [2.05, 4.69) is 4.74 Å². The number of esters is 1. The van der Waals surface area contributed by atoms with Crippen LogP contribution in [0, 0.1) is 11.6 Å². The van der Waals surface area contributed by atoms with Crippen LogP contribution in [-0.2, 0) is 16.1 Å². The predicted molar refractivity (Wildman–Crippen MR) is 41.8 cm³/mol. The van der Waals surface area contributed by atoms with Gasteiger partial charge < -0.3 is 4.74 Å². The van der Waals surface area contributed by atoms with E-state index in [0.717, 1.165) is 6.07 Å². The zero-order chi connectivity index (χ0) is 9.84. The number of hydrogen-bond acceptors (Lipinski definition) is 2. The smallest absolute Gasteiger partial charge is 0.302 e. The highest BCUT2D eigenvalue weighted by Crippen LogP contribution is 2.12. The third kappa shape index (κ3) is 2.50. The van der Waals surface area contributed by atoms with Crippen LogP contribution in [0.15, 0.2) is 18.2 Å². The molecule has 0 fully saturated rings. The lowest BCUT2D eigenvalue weighted by molar-refractivity contribution is -0.142. The summed E-state index contributed by atoms with van der Waals surface area (Å²) in [4.78, 5) is 10.4. The number of ether oxygens (including phenoxy) is 1. The molecule has 13 heavy (non-hydrogen) atoms. The Morgan fingerprint density at radius 1 is 1.46 bits per heavy atom. The van der Waals surface area contributed by atoms with E-state index in [9.17, 15) is 13.6 Å². The lowest BCUT2D eigenvalue weighted by Crippen LogP contribution is -2.01. The molecule has 0 spiro atoms. The molecule has 4 heteroatoms. The second kappa shape index (κ2) is 3.98. The molecule has 0 heterocycles. The highest BCUT2D eigenvalue weighted by atomic mass is 19.2. The Bertz CT molecular complexity index is 323. The molecule has 0 amide bonds. The molecular formula is C9H8F2O2. The van der Waals surface area contributed by atoms with Crippen molar-refractivity contribution in [2.45, 2.75) is 13.5 Å². The van der Waals surface area contributed by atoms with Gasteiger partial charge >= 0.3 is 5.97 Å². The lowest BCUT2D eigenvalue weighted by Gasteiger charge is -2.03. The number of carbonyl (C=O) groups is 1. The molecule has 0 aliphatic rings. The molecule has 1 rings (SSSR count). The summed E-state index contributed by atoms with van der Waals surface area (Å²) in [5, 5.41) is 0. The fraction of sp³-hybridized carbons (Fsp3) is 0.222. The minimum absolute atomic E-state index is 0.0372. The topological polar surface area (TPSA) is 26.3 Å². The van der Waals surface area contributed by atoms with E-state index in [1.165, 1.54) is 19.1 Å². The Morgan fingerprint density at radius 3 is 2.77 bits per heavy atom. The second-order valence-electron chi connectivity index (χ2n) is 2.49. The number of rotatable bonds is 2. The highest BCUT2D eigenvalue weighted by molar-refractivity contribution is 5.65. The fourth-order valence-electron chi connectivity index (χ4n) is 0.839. The summed E-state index contributed by atoms with van der Waals surface area (Å²) < 4.78 is 30.0. The molecule has 1 aromatic rings. The van der Waals surface area contributed by atoms with Crippen LogP contribution in [0.5, 0.6) is 0 Å². The molecule has 0 unspecified atom stereocenters. The molecule has 70 valence electrons. The normalized spacial score (nSPS) is 9.77. The third-order valence-electron chi connectivity index (χ3n) is 1.46. The summed E-state index contributed by atoms with van der Waals surface area (Å²) in [7, 11) is 0. The van der Waals surface area contributed by atoms with Gasteiger partial charge in [-0.05, 0) is 6.07 Å². The molecule has 0 saturated heterocycles. The van der Waals surface area contributed by atoms with Crippen molar-refractivity contribution in [1.29, 1.82) is 0 Å². The van der Waals surface area contributed by atoms with E-state index in [1.54, 1.807) is 0 Å². The van der Waals surface area contributed by atoms with Gasteiger partial charge in [0, 0.05) is 12.5 Å². The molecule has 1 aromatic carbocycles. The summed E-state index contributed by atoms with van der Waals surface area (Å²) in [5.74, 6) is -2.43. The Morgan fingerprint density at radius 2 is 2.15 bits per heavy atom. The van der Waals surface area contributed by atoms with E-state index in [-0.39, 0.29) is 12.2 Å². The molecule has 0 aliphatic carbocycles. The Kier molecular flexibility index (Phi) is 2.95. The largest absolute Gasteiger partial charge is 0.461 e. The van der Waals surface area contributed by atoms with Gasteiger partial charge in [0.1, 0.15) is 6.61 Å². The standard InChI is InChI=1S/C9H8F2O2/c1-6(12)13-5-7-3-2-4-8(10)9(7)11/h2-4H,5H2,1H3. The van der Waals surface area contributed by atoms with Crippen molar-refractivity contribution in [3.63, 3.8) is 0 Å². The van der Waals surface area contributed by atoms with Crippen molar-refractivity contribution in [2.75, 3.05) is 0 Å². The SMILES string of the molecule is CC(=O)OCc1cccc(F)c1F. The van der Waals surface area contributed by atoms with Crippen LogP contribution in [0.3, 0.4) is 0 Å². The summed E-state index contributed by atoms with van der Waals surface area (Å²) in [6, 6.07) is 3.73. The van der Waals surface area contributed by atoms with E-state index >= 15 is 0 Å². The third-order valence-corrected chi connectivity index (χ3v) is 1.46. The zero-order valence-corrected chi connectivity index (χ0v) is 7.01. The second-order valence-corrected chi connectivity index (χ2v) is 2.49. The van der Waals surface area contributed by atoms with Gasteiger partial charge in [0.05, 0.1) is 0 Å². The molecule has 0 radical (unpaired) electrons. The fourth-order valence-corrected chi connectivity index (χ4v) is 0.839. The van der Waals surface area contributed by atoms with Gasteiger partial charge in [0.25, 0.3) is 0 Å². The first-order chi connectivity index (χ1) is 6.11. The maximum Gasteiger partial charge on any atom is 0.302 e. The average Bonchev–Trinajstić information content (AvgIpc) is 2.07. The van der Waals surface area contributed by atoms with Gasteiger partial charge in [-0.2, -0.15) is 0 Å². The number of hydrogen-bond donors (Lipinski definition) is 0. The Balaban J connectivity index is 2.77. The zero-order valence-electron chi connectivity index (χ0n) is 7.01. The van der Waals surface area contributed by atoms with Gasteiger partial charge in [-0.25, -0.2) is 8.78 Å². The number of halogens is 2. The minimum Gasteiger partial charge on any atom is -0.461 e. The molecule has 0 N–H and O–H groups in total. The van der Waals surface area contributed by atoms with Crippen molar-refractivity contribution in [2.24, 2.45) is 0 Å². The summed E-state index contributed by atoms with van der Waals surface area (Å²) in [5.41, 5.74) is 0.0372. The van der Waals surface area contributed by atoms with Gasteiger partial charge in [0.2, 0.25) is 0 Å². The molecule has 0 saturated carbocycles. The van der Waals surface area contributed by atoms with E-state index in [4.69, 9.17) is 0 Å². The molecular weight excluding hydrogens is 178 g/mol. The van der Waals surface area contributed by atoms with Crippen LogP contribution in [0.1, 0.15) is 12.5 Å². The van der Waals surface area contributed by atoms with Crippen LogP contribution in [0.4, 0.5) is 8.78 Å². The maximum atomic E-state index is 12.9. The van der Waals surface area contributed by atoms with Crippen LogP contribution in [0.25, 0.3) is 0 Å². The Hall–Kier alpha value is -1.45. The van der Waals surface area contributed by atoms with Crippen molar-refractivity contribution >= 4 is 5.97 Å². The Labute approximate surface area is 74.1 Å². The maximum absolute atomic E-state index is 12.9. The van der Waals surface area contributed by atoms with Gasteiger partial charge in [-0.15, -0.1) is 0 Å². The van der Waals surface area contributed by atoms with Gasteiger partial charge in [0.15, 0.2) is 11.6 Å². The van der Waals surface area contributed by atoms with Gasteiger partial charge in [-0.1, -0.05) is 12.1 Å². The first-order valence-electron chi connectivity index (χ1n) is 3.67. The average molecular weight is 186 g/mol. The van der Waals surface area contributed by atoms with Crippen LogP contribution < -0.4 is 0 Å². The number of benzene rings is 1. The summed E-state index contributed by atoms with van der Waals surface area (Å²) in [6.07, 6.45) is 0. The monoisotopic (exact) mass is 186 g/mol. The van der Waals surface area contributed by atoms with Gasteiger partial charge in [-0.3, -0.25) is 4.79 Å². The molecule has 0 aliphatic heterocycles. The van der Waals surface area contributed by atoms with E-state index in [0.29, 0.717) is 0 Å². The lowest BCUT2D eigenvalue weighted by atomic mass is 10.2. The summed E-state index contributed by atoms with van der Waals surface area (Å²) in [6.45, 7) is 0.968. The number of carbonyl (C=O) groups excluding carboxylic acids is 1. The highest BCUT2D eigenvalue weighted by Gasteiger charge is 2.07. The van der Waals surface area contributed by atoms with E-state index in [1.807, 2.05) is 0 Å². The van der Waals surface area contributed by atoms with Crippen molar-refractivity contribution in [3.05, 3.63) is 35.4 Å². The molecule has 0 aromatic heterocycles. The van der Waals surface area contributed by atoms with Crippen LogP contribution in [-0.4, -0.2) is 5.97 Å². The first-order valence-corrected chi connectivity index (χ1v) is 3.67. The minimum atomic E-state index is -0.969. The summed E-state index contributed by atoms with van der Waals surface area (Å²) >= 11 is 0. The predicted octanol–water partition coefficient (Wildman–Crippen LogP) is 2.03. The van der Waals surface area contributed by atoms with Crippen molar-refractivity contribution in [1.82, 2.24) is 0 Å². The molecule has 0 bridgehead atoms. The van der Waals surface area contributed by atoms with E-state index < -0.39 is 17.6 Å². The molecule has 2 nitrogen and oxygen atoms in total. The molecule has 0 atom stereocenters. The van der Waals surface area contributed by atoms with Crippen molar-refractivity contribution < 1.29 is 18.3 Å². The quantitative estimate of drug-likeness (QED) is 0.660. The van der Waals surface area contributed by atoms with Crippen LogP contribution in [0.2, 0.25) is 0 Å². The first kappa shape index (κ1) is 9.64. The van der Waals surface area contributed by atoms with Crippen LogP contribution >= 0.6 is 0 Å².